The summed E-state index contributed by atoms with van der Waals surface area (Å²) in [5.41, 5.74) is 7.38. The fourth-order valence-electron chi connectivity index (χ4n) is 1.58. The molecule has 2 heterocycles. The standard InChI is InChI=1S/C11H11ClN4O2/c12-9-2-8(13)5-14-11(9)10(18-6-17)1-7-3-15-16-4-7/h2-6,10H,1,13H2,(H,15,16). The van der Waals surface area contributed by atoms with Gasteiger partial charge in [-0.3, -0.25) is 14.9 Å². The second-order valence-corrected chi connectivity index (χ2v) is 4.07. The second kappa shape index (κ2) is 5.50. The number of H-pyrrole nitrogens is 1. The van der Waals surface area contributed by atoms with Crippen molar-refractivity contribution < 1.29 is 9.53 Å². The van der Waals surface area contributed by atoms with E-state index in [9.17, 15) is 4.79 Å². The largest absolute Gasteiger partial charge is 0.458 e. The molecule has 7 heteroatoms. The molecule has 2 aromatic heterocycles. The number of hydrogen-bond acceptors (Lipinski definition) is 5. The Hall–Kier alpha value is -2.08. The molecule has 0 amide bonds. The molecule has 0 aliphatic rings. The van der Waals surface area contributed by atoms with Gasteiger partial charge in [0, 0.05) is 12.6 Å². The fraction of sp³-hybridized carbons (Fsp3) is 0.182. The van der Waals surface area contributed by atoms with Crippen LogP contribution in [0.4, 0.5) is 5.69 Å². The highest BCUT2D eigenvalue weighted by atomic mass is 35.5. The molecular formula is C11H11ClN4O2. The first-order valence-corrected chi connectivity index (χ1v) is 5.56. The van der Waals surface area contributed by atoms with Crippen molar-refractivity contribution >= 4 is 23.8 Å². The van der Waals surface area contributed by atoms with Crippen molar-refractivity contribution in [3.63, 3.8) is 0 Å². The fourth-order valence-corrected chi connectivity index (χ4v) is 1.88. The predicted molar refractivity (Wildman–Crippen MR) is 65.8 cm³/mol. The number of rotatable bonds is 5. The van der Waals surface area contributed by atoms with Crippen molar-refractivity contribution in [1.29, 1.82) is 0 Å². The normalized spacial score (nSPS) is 12.1. The van der Waals surface area contributed by atoms with Gasteiger partial charge in [0.05, 0.1) is 23.1 Å². The molecule has 2 rings (SSSR count). The van der Waals surface area contributed by atoms with Crippen LogP contribution in [0.1, 0.15) is 17.4 Å². The van der Waals surface area contributed by atoms with Crippen molar-refractivity contribution in [3.8, 4) is 0 Å². The highest BCUT2D eigenvalue weighted by molar-refractivity contribution is 6.31. The number of halogens is 1. The van der Waals surface area contributed by atoms with Crippen molar-refractivity contribution in [1.82, 2.24) is 15.2 Å². The molecular weight excluding hydrogens is 256 g/mol. The van der Waals surface area contributed by atoms with E-state index in [0.29, 0.717) is 29.3 Å². The van der Waals surface area contributed by atoms with Crippen LogP contribution in [0.25, 0.3) is 0 Å². The van der Waals surface area contributed by atoms with Crippen LogP contribution in [-0.2, 0) is 16.0 Å². The minimum absolute atomic E-state index is 0.366. The lowest BCUT2D eigenvalue weighted by molar-refractivity contribution is -0.134. The number of ether oxygens (including phenoxy) is 1. The van der Waals surface area contributed by atoms with Gasteiger partial charge in [0.1, 0.15) is 11.8 Å². The molecule has 0 aliphatic heterocycles. The molecule has 0 radical (unpaired) electrons. The maximum absolute atomic E-state index is 10.6. The molecule has 2 aromatic rings. The molecule has 1 unspecified atom stereocenters. The van der Waals surface area contributed by atoms with E-state index in [1.54, 1.807) is 18.5 Å². The summed E-state index contributed by atoms with van der Waals surface area (Å²) in [6.07, 6.45) is 4.70. The Morgan fingerprint density at radius 2 is 2.39 bits per heavy atom. The van der Waals surface area contributed by atoms with Crippen molar-refractivity contribution in [2.45, 2.75) is 12.5 Å². The summed E-state index contributed by atoms with van der Waals surface area (Å²) in [4.78, 5) is 14.7. The lowest BCUT2D eigenvalue weighted by Crippen LogP contribution is -2.09. The van der Waals surface area contributed by atoms with Gasteiger partial charge in [0.25, 0.3) is 6.47 Å². The number of nitrogens with two attached hydrogens (primary N) is 1. The zero-order valence-electron chi connectivity index (χ0n) is 9.34. The van der Waals surface area contributed by atoms with E-state index in [4.69, 9.17) is 22.1 Å². The Morgan fingerprint density at radius 3 is 3.00 bits per heavy atom. The van der Waals surface area contributed by atoms with Crippen molar-refractivity contribution in [2.24, 2.45) is 0 Å². The van der Waals surface area contributed by atoms with Gasteiger partial charge in [-0.15, -0.1) is 0 Å². The number of carbonyl (C=O) groups is 1. The molecule has 0 saturated heterocycles. The van der Waals surface area contributed by atoms with Crippen LogP contribution in [0.5, 0.6) is 0 Å². The molecule has 0 bridgehead atoms. The van der Waals surface area contributed by atoms with E-state index in [2.05, 4.69) is 15.2 Å². The Bertz CT molecular complexity index is 530. The van der Waals surface area contributed by atoms with Crippen molar-refractivity contribution in [2.75, 3.05) is 5.73 Å². The van der Waals surface area contributed by atoms with Crippen molar-refractivity contribution in [3.05, 3.63) is 40.9 Å². The Morgan fingerprint density at radius 1 is 1.56 bits per heavy atom. The Balaban J connectivity index is 2.26. The number of hydrogen-bond donors (Lipinski definition) is 2. The number of pyridine rings is 1. The zero-order valence-corrected chi connectivity index (χ0v) is 10.1. The first-order chi connectivity index (χ1) is 8.70. The third-order valence-corrected chi connectivity index (χ3v) is 2.69. The van der Waals surface area contributed by atoms with Crippen LogP contribution in [0, 0.1) is 0 Å². The number of nitrogens with zero attached hydrogens (tertiary/aromatic N) is 2. The van der Waals surface area contributed by atoms with Gasteiger partial charge < -0.3 is 10.5 Å². The predicted octanol–water partition coefficient (Wildman–Crippen LogP) is 1.50. The number of nitrogens with one attached hydrogen (secondary N) is 1. The molecule has 1 atom stereocenters. The molecule has 0 aromatic carbocycles. The summed E-state index contributed by atoms with van der Waals surface area (Å²) in [6, 6.07) is 1.57. The summed E-state index contributed by atoms with van der Waals surface area (Å²) in [5.74, 6) is 0. The smallest absolute Gasteiger partial charge is 0.293 e. The maximum atomic E-state index is 10.6. The quantitative estimate of drug-likeness (QED) is 0.800. The van der Waals surface area contributed by atoms with Gasteiger partial charge in [-0.05, 0) is 11.6 Å². The highest BCUT2D eigenvalue weighted by Crippen LogP contribution is 2.27. The van der Waals surface area contributed by atoms with E-state index in [1.807, 2.05) is 0 Å². The molecule has 0 saturated carbocycles. The van der Waals surface area contributed by atoms with Gasteiger partial charge in [-0.2, -0.15) is 5.10 Å². The third-order valence-electron chi connectivity index (χ3n) is 2.39. The van der Waals surface area contributed by atoms with Gasteiger partial charge in [0.2, 0.25) is 0 Å². The summed E-state index contributed by atoms with van der Waals surface area (Å²) >= 11 is 6.04. The second-order valence-electron chi connectivity index (χ2n) is 3.67. The molecule has 3 N–H and O–H groups in total. The third kappa shape index (κ3) is 2.78. The van der Waals surface area contributed by atoms with Crippen LogP contribution in [0.2, 0.25) is 5.02 Å². The molecule has 18 heavy (non-hydrogen) atoms. The van der Waals surface area contributed by atoms with E-state index in [1.165, 1.54) is 6.20 Å². The molecule has 0 spiro atoms. The number of aromatic amines is 1. The van der Waals surface area contributed by atoms with Gasteiger partial charge >= 0.3 is 0 Å². The van der Waals surface area contributed by atoms with E-state index < -0.39 is 6.10 Å². The lowest BCUT2D eigenvalue weighted by Gasteiger charge is -2.15. The topological polar surface area (TPSA) is 93.9 Å². The van der Waals surface area contributed by atoms with Crippen LogP contribution in [0.15, 0.2) is 24.7 Å². The number of anilines is 1. The lowest BCUT2D eigenvalue weighted by atomic mass is 10.1. The van der Waals surface area contributed by atoms with E-state index >= 15 is 0 Å². The Kier molecular flexibility index (Phi) is 3.78. The zero-order chi connectivity index (χ0) is 13.0. The average molecular weight is 267 g/mol. The summed E-state index contributed by atoms with van der Waals surface area (Å²) in [5, 5.41) is 6.87. The SMILES string of the molecule is Nc1cnc(C(Cc2cn[nH]c2)OC=O)c(Cl)c1. The molecule has 6 nitrogen and oxygen atoms in total. The Labute approximate surface area is 108 Å². The first kappa shape index (κ1) is 12.4. The minimum atomic E-state index is -0.562. The number of aromatic nitrogens is 3. The number of carbonyl (C=O) groups excluding carboxylic acids is 1. The monoisotopic (exact) mass is 266 g/mol. The van der Waals surface area contributed by atoms with E-state index in [0.717, 1.165) is 5.56 Å². The van der Waals surface area contributed by atoms with E-state index in [-0.39, 0.29) is 0 Å². The average Bonchev–Trinajstić information content (AvgIpc) is 2.81. The van der Waals surface area contributed by atoms with Crippen LogP contribution in [0.3, 0.4) is 0 Å². The summed E-state index contributed by atoms with van der Waals surface area (Å²) < 4.78 is 5.01. The first-order valence-electron chi connectivity index (χ1n) is 5.18. The highest BCUT2D eigenvalue weighted by Gasteiger charge is 2.19. The summed E-state index contributed by atoms with van der Waals surface area (Å²) in [6.45, 7) is 0.374. The van der Waals surface area contributed by atoms with Gasteiger partial charge in [-0.1, -0.05) is 11.6 Å². The molecule has 94 valence electrons. The minimum Gasteiger partial charge on any atom is -0.458 e. The van der Waals surface area contributed by atoms with Crippen LogP contribution < -0.4 is 5.73 Å². The van der Waals surface area contributed by atoms with Gasteiger partial charge in [0.15, 0.2) is 0 Å². The van der Waals surface area contributed by atoms with Gasteiger partial charge in [-0.25, -0.2) is 0 Å². The maximum Gasteiger partial charge on any atom is 0.293 e. The van der Waals surface area contributed by atoms with Crippen LogP contribution in [-0.4, -0.2) is 21.7 Å². The molecule has 0 fully saturated rings. The number of nitrogen functional groups attached to an aromatic ring is 1. The van der Waals surface area contributed by atoms with Crippen LogP contribution >= 0.6 is 11.6 Å². The summed E-state index contributed by atoms with van der Waals surface area (Å²) in [7, 11) is 0. The molecule has 0 aliphatic carbocycles.